The number of hydrogen-bond acceptors (Lipinski definition) is 2. The van der Waals surface area contributed by atoms with Crippen LogP contribution in [0.2, 0.25) is 0 Å². The van der Waals surface area contributed by atoms with E-state index >= 15 is 0 Å². The first-order valence-electron chi connectivity index (χ1n) is 21.0. The number of hydrogen-bond donors (Lipinski definition) is 0. The van der Waals surface area contributed by atoms with Gasteiger partial charge in [0.15, 0.2) is 0 Å². The highest BCUT2D eigenvalue weighted by Crippen LogP contribution is 2.56. The molecule has 10 aromatic carbocycles. The van der Waals surface area contributed by atoms with Crippen LogP contribution >= 0.6 is 0 Å². The Labute approximate surface area is 355 Å². The first-order chi connectivity index (χ1) is 30.3. The summed E-state index contributed by atoms with van der Waals surface area (Å²) in [5, 5.41) is 4.59. The van der Waals surface area contributed by atoms with Gasteiger partial charge < -0.3 is 9.32 Å². The molecular weight excluding hydrogens is 739 g/mol. The number of nitrogens with zero attached hydrogens (tertiary/aromatic N) is 1. The molecule has 2 heteroatoms. The molecule has 0 atom stereocenters. The second-order valence-corrected chi connectivity index (χ2v) is 16.0. The summed E-state index contributed by atoms with van der Waals surface area (Å²) >= 11 is 0. The van der Waals surface area contributed by atoms with Crippen LogP contribution in [0.4, 0.5) is 17.1 Å². The normalized spacial score (nSPS) is 12.7. The molecule has 1 aliphatic rings. The van der Waals surface area contributed by atoms with Crippen LogP contribution < -0.4 is 4.90 Å². The van der Waals surface area contributed by atoms with E-state index in [-0.39, 0.29) is 0 Å². The average Bonchev–Trinajstić information content (AvgIpc) is 3.87. The predicted octanol–water partition coefficient (Wildman–Crippen LogP) is 15.9. The average molecular weight is 778 g/mol. The van der Waals surface area contributed by atoms with Gasteiger partial charge in [-0.2, -0.15) is 0 Å². The molecule has 0 N–H and O–H groups in total. The van der Waals surface area contributed by atoms with Crippen molar-refractivity contribution in [3.8, 4) is 33.4 Å². The number of benzene rings is 10. The van der Waals surface area contributed by atoms with E-state index in [0.29, 0.717) is 0 Å². The molecule has 12 rings (SSSR count). The minimum Gasteiger partial charge on any atom is -0.455 e. The molecule has 1 aromatic heterocycles. The molecule has 0 bridgehead atoms. The van der Waals surface area contributed by atoms with E-state index in [1.54, 1.807) is 0 Å². The molecule has 286 valence electrons. The van der Waals surface area contributed by atoms with Crippen LogP contribution in [0.25, 0.3) is 66.1 Å². The third kappa shape index (κ3) is 5.50. The van der Waals surface area contributed by atoms with Crippen molar-refractivity contribution in [1.82, 2.24) is 0 Å². The van der Waals surface area contributed by atoms with Crippen molar-refractivity contribution in [3.05, 3.63) is 259 Å². The first-order valence-corrected chi connectivity index (χ1v) is 21.0. The number of para-hydroxylation sites is 2. The van der Waals surface area contributed by atoms with E-state index in [1.165, 1.54) is 49.9 Å². The van der Waals surface area contributed by atoms with Crippen LogP contribution in [0, 0.1) is 0 Å². The molecular formula is C59H39NO. The van der Waals surface area contributed by atoms with E-state index in [0.717, 1.165) is 55.5 Å². The predicted molar refractivity (Wildman–Crippen MR) is 254 cm³/mol. The number of rotatable bonds is 7. The Hall–Kier alpha value is -7.94. The highest BCUT2D eigenvalue weighted by atomic mass is 16.3. The third-order valence-corrected chi connectivity index (χ3v) is 12.8. The van der Waals surface area contributed by atoms with Crippen molar-refractivity contribution in [3.63, 3.8) is 0 Å². The summed E-state index contributed by atoms with van der Waals surface area (Å²) in [7, 11) is 0. The molecule has 0 fully saturated rings. The zero-order valence-electron chi connectivity index (χ0n) is 33.4. The van der Waals surface area contributed by atoms with Crippen LogP contribution in [-0.2, 0) is 5.41 Å². The summed E-state index contributed by atoms with van der Waals surface area (Å²) in [5.41, 5.74) is 17.0. The Morgan fingerprint density at radius 1 is 0.311 bits per heavy atom. The van der Waals surface area contributed by atoms with Crippen molar-refractivity contribution in [2.24, 2.45) is 0 Å². The summed E-state index contributed by atoms with van der Waals surface area (Å²) in [5.74, 6) is 0. The van der Waals surface area contributed by atoms with Gasteiger partial charge in [-0.25, -0.2) is 0 Å². The first kappa shape index (κ1) is 35.0. The van der Waals surface area contributed by atoms with Gasteiger partial charge in [0, 0.05) is 38.8 Å². The molecule has 2 nitrogen and oxygen atoms in total. The molecule has 1 heterocycles. The van der Waals surface area contributed by atoms with Crippen LogP contribution in [0.1, 0.15) is 22.3 Å². The maximum absolute atomic E-state index is 6.70. The Balaban J connectivity index is 0.931. The lowest BCUT2D eigenvalue weighted by molar-refractivity contribution is 0.674. The van der Waals surface area contributed by atoms with E-state index in [9.17, 15) is 0 Å². The van der Waals surface area contributed by atoms with Crippen LogP contribution in [0.3, 0.4) is 0 Å². The van der Waals surface area contributed by atoms with Gasteiger partial charge >= 0.3 is 0 Å². The third-order valence-electron chi connectivity index (χ3n) is 12.8. The number of anilines is 3. The molecule has 11 aromatic rings. The Morgan fingerprint density at radius 2 is 0.836 bits per heavy atom. The van der Waals surface area contributed by atoms with Crippen molar-refractivity contribution in [2.45, 2.75) is 5.41 Å². The second-order valence-electron chi connectivity index (χ2n) is 16.0. The minimum atomic E-state index is -0.440. The van der Waals surface area contributed by atoms with Gasteiger partial charge in [0.2, 0.25) is 0 Å². The van der Waals surface area contributed by atoms with E-state index in [1.807, 2.05) is 0 Å². The Bertz CT molecular complexity index is 3350. The van der Waals surface area contributed by atoms with Gasteiger partial charge in [-0.3, -0.25) is 0 Å². The van der Waals surface area contributed by atoms with E-state index in [4.69, 9.17) is 4.42 Å². The van der Waals surface area contributed by atoms with Crippen LogP contribution in [-0.4, -0.2) is 0 Å². The molecule has 0 unspecified atom stereocenters. The van der Waals surface area contributed by atoms with Gasteiger partial charge in [-0.05, 0) is 104 Å². The highest BCUT2D eigenvalue weighted by molar-refractivity contribution is 6.17. The number of fused-ring (bicyclic) bond motifs is 8. The number of furan rings is 1. The fraction of sp³-hybridized carbons (Fsp3) is 0.0169. The van der Waals surface area contributed by atoms with E-state index in [2.05, 4.69) is 241 Å². The van der Waals surface area contributed by atoms with Crippen molar-refractivity contribution in [2.75, 3.05) is 4.90 Å². The zero-order chi connectivity index (χ0) is 40.3. The quantitative estimate of drug-likeness (QED) is 0.160. The van der Waals surface area contributed by atoms with Gasteiger partial charge in [-0.15, -0.1) is 0 Å². The minimum absolute atomic E-state index is 0.440. The Morgan fingerprint density at radius 3 is 1.56 bits per heavy atom. The van der Waals surface area contributed by atoms with Crippen LogP contribution in [0.15, 0.2) is 241 Å². The maximum atomic E-state index is 6.70. The van der Waals surface area contributed by atoms with Gasteiger partial charge in [-0.1, -0.05) is 188 Å². The van der Waals surface area contributed by atoms with Crippen LogP contribution in [0.5, 0.6) is 0 Å². The maximum Gasteiger partial charge on any atom is 0.143 e. The topological polar surface area (TPSA) is 16.4 Å². The van der Waals surface area contributed by atoms with Gasteiger partial charge in [0.05, 0.1) is 5.41 Å². The van der Waals surface area contributed by atoms with Crippen molar-refractivity contribution in [1.29, 1.82) is 0 Å². The lowest BCUT2D eigenvalue weighted by Crippen LogP contribution is -2.28. The molecule has 61 heavy (non-hydrogen) atoms. The molecule has 1 aliphatic carbocycles. The fourth-order valence-electron chi connectivity index (χ4n) is 9.99. The zero-order valence-corrected chi connectivity index (χ0v) is 33.4. The molecule has 0 aliphatic heterocycles. The van der Waals surface area contributed by atoms with Gasteiger partial charge in [0.1, 0.15) is 11.2 Å². The molecule has 0 amide bonds. The standard InChI is InChI=1S/C59H39NO/c1-4-16-44(17-5-1)59(45-18-6-2-7-19-45)55-26-13-12-23-51(55)52-37-32-43(39-56(52)59)40-27-33-47(34-28-40)60(46-20-8-3-9-21-46)48-35-29-42(30-36-48)50-24-14-25-53-54-38-31-41-15-10-11-22-49(41)58(54)61-57(50)53/h1-39H. The molecule has 0 spiro atoms. The molecule has 0 saturated heterocycles. The summed E-state index contributed by atoms with van der Waals surface area (Å²) < 4.78 is 6.70. The molecule has 0 saturated carbocycles. The summed E-state index contributed by atoms with van der Waals surface area (Å²) in [6.45, 7) is 0. The van der Waals surface area contributed by atoms with Gasteiger partial charge in [0.25, 0.3) is 0 Å². The summed E-state index contributed by atoms with van der Waals surface area (Å²) in [6, 6.07) is 85.8. The van der Waals surface area contributed by atoms with Crippen molar-refractivity contribution < 1.29 is 4.42 Å². The monoisotopic (exact) mass is 777 g/mol. The largest absolute Gasteiger partial charge is 0.455 e. The molecule has 0 radical (unpaired) electrons. The summed E-state index contributed by atoms with van der Waals surface area (Å²) in [6.07, 6.45) is 0. The van der Waals surface area contributed by atoms with E-state index < -0.39 is 5.41 Å². The lowest BCUT2D eigenvalue weighted by atomic mass is 9.67. The smallest absolute Gasteiger partial charge is 0.143 e. The Kier molecular flexibility index (Phi) is 8.11. The summed E-state index contributed by atoms with van der Waals surface area (Å²) in [4.78, 5) is 2.33. The van der Waals surface area contributed by atoms with Crippen molar-refractivity contribution >= 4 is 49.8 Å². The highest BCUT2D eigenvalue weighted by Gasteiger charge is 2.46. The second kappa shape index (κ2) is 14.1. The fourth-order valence-corrected chi connectivity index (χ4v) is 9.99. The SMILES string of the molecule is c1ccc(N(c2ccc(-c3ccc4c(c3)C(c3ccccc3)(c3ccccc3)c3ccccc3-4)cc2)c2ccc(-c3cccc4c3oc3c5ccccc5ccc43)cc2)cc1. The lowest BCUT2D eigenvalue weighted by Gasteiger charge is -2.34.